The highest BCUT2D eigenvalue weighted by Gasteiger charge is 2.35. The average Bonchev–Trinajstić information content (AvgIpc) is 3.30. The van der Waals surface area contributed by atoms with Gasteiger partial charge in [0, 0.05) is 18.5 Å². The molecule has 2 aliphatic rings. The molecule has 27 heavy (non-hydrogen) atoms. The van der Waals surface area contributed by atoms with E-state index in [1.807, 2.05) is 26.0 Å². The number of rotatable bonds is 3. The van der Waals surface area contributed by atoms with Crippen molar-refractivity contribution in [1.29, 1.82) is 0 Å². The molecule has 0 aromatic carbocycles. The molecule has 4 rings (SSSR count). The molecule has 1 amide bonds. The zero-order chi connectivity index (χ0) is 19.0. The first kappa shape index (κ1) is 18.0. The van der Waals surface area contributed by atoms with E-state index in [1.165, 1.54) is 0 Å². The molecule has 144 valence electrons. The van der Waals surface area contributed by atoms with Crippen LogP contribution in [0.25, 0.3) is 0 Å². The molecule has 0 radical (unpaired) electrons. The summed E-state index contributed by atoms with van der Waals surface area (Å²) in [5.74, 6) is 1.32. The van der Waals surface area contributed by atoms with E-state index in [0.717, 1.165) is 44.5 Å². The Labute approximate surface area is 157 Å². The number of carbonyl (C=O) groups is 1. The van der Waals surface area contributed by atoms with Crippen molar-refractivity contribution in [2.24, 2.45) is 0 Å². The quantitative estimate of drug-likeness (QED) is 0.892. The highest BCUT2D eigenvalue weighted by molar-refractivity contribution is 5.95. The van der Waals surface area contributed by atoms with E-state index in [0.29, 0.717) is 23.6 Å². The van der Waals surface area contributed by atoms with Crippen LogP contribution in [-0.4, -0.2) is 35.6 Å². The van der Waals surface area contributed by atoms with Crippen LogP contribution in [0.1, 0.15) is 70.8 Å². The second-order valence-electron chi connectivity index (χ2n) is 7.55. The van der Waals surface area contributed by atoms with E-state index in [1.54, 1.807) is 4.90 Å². The number of hydrogen-bond acceptors (Lipinski definition) is 6. The number of nitrogens with one attached hydrogen (secondary N) is 1. The van der Waals surface area contributed by atoms with Crippen LogP contribution in [0.4, 0.5) is 0 Å². The van der Waals surface area contributed by atoms with E-state index in [9.17, 15) is 9.59 Å². The first-order chi connectivity index (χ1) is 13.0. The monoisotopic (exact) mass is 371 g/mol. The van der Waals surface area contributed by atoms with Crippen LogP contribution in [-0.2, 0) is 0 Å². The number of piperidine rings is 1. The predicted molar refractivity (Wildman–Crippen MR) is 98.8 cm³/mol. The summed E-state index contributed by atoms with van der Waals surface area (Å²) < 4.78 is 11.0. The summed E-state index contributed by atoms with van der Waals surface area (Å²) in [7, 11) is 0. The third kappa shape index (κ3) is 3.43. The van der Waals surface area contributed by atoms with Gasteiger partial charge in [0.15, 0.2) is 5.76 Å². The normalized spacial score (nSPS) is 21.0. The van der Waals surface area contributed by atoms with Gasteiger partial charge in [0.2, 0.25) is 0 Å². The lowest BCUT2D eigenvalue weighted by atomic mass is 9.94. The van der Waals surface area contributed by atoms with Gasteiger partial charge >= 0.3 is 5.63 Å². The van der Waals surface area contributed by atoms with Gasteiger partial charge in [-0.2, -0.15) is 0 Å². The molecule has 1 atom stereocenters. The van der Waals surface area contributed by atoms with E-state index >= 15 is 0 Å². The molecule has 0 aliphatic carbocycles. The van der Waals surface area contributed by atoms with Crippen molar-refractivity contribution in [3.63, 3.8) is 0 Å². The number of aromatic nitrogens is 1. The van der Waals surface area contributed by atoms with Crippen molar-refractivity contribution < 1.29 is 13.7 Å². The van der Waals surface area contributed by atoms with Gasteiger partial charge in [-0.3, -0.25) is 4.79 Å². The molecule has 2 fully saturated rings. The Morgan fingerprint density at radius 1 is 1.19 bits per heavy atom. The van der Waals surface area contributed by atoms with Gasteiger partial charge in [-0.1, -0.05) is 5.16 Å². The van der Waals surface area contributed by atoms with Crippen LogP contribution in [0.5, 0.6) is 0 Å². The average molecular weight is 371 g/mol. The lowest BCUT2D eigenvalue weighted by Gasteiger charge is -2.24. The highest BCUT2D eigenvalue weighted by Crippen LogP contribution is 2.34. The van der Waals surface area contributed by atoms with Crippen molar-refractivity contribution in [3.05, 3.63) is 50.9 Å². The summed E-state index contributed by atoms with van der Waals surface area (Å²) in [4.78, 5) is 27.6. The molecule has 2 saturated heterocycles. The molecule has 7 nitrogen and oxygen atoms in total. The summed E-state index contributed by atoms with van der Waals surface area (Å²) in [6.07, 6.45) is 3.55. The minimum atomic E-state index is -0.534. The van der Waals surface area contributed by atoms with Crippen LogP contribution in [0.2, 0.25) is 0 Å². The maximum Gasteiger partial charge on any atom is 0.349 e. The van der Waals surface area contributed by atoms with Gasteiger partial charge in [0.1, 0.15) is 11.3 Å². The van der Waals surface area contributed by atoms with E-state index in [4.69, 9.17) is 8.94 Å². The molecule has 2 aromatic heterocycles. The van der Waals surface area contributed by atoms with Crippen LogP contribution in [0, 0.1) is 13.8 Å². The third-order valence-electron chi connectivity index (χ3n) is 5.61. The molecule has 0 bridgehead atoms. The fourth-order valence-electron chi connectivity index (χ4n) is 4.19. The molecule has 2 aliphatic heterocycles. The Morgan fingerprint density at radius 2 is 1.96 bits per heavy atom. The van der Waals surface area contributed by atoms with Gasteiger partial charge in [-0.15, -0.1) is 0 Å². The van der Waals surface area contributed by atoms with Crippen LogP contribution in [0.15, 0.2) is 25.9 Å². The van der Waals surface area contributed by atoms with Gasteiger partial charge in [0.25, 0.3) is 5.91 Å². The fourth-order valence-corrected chi connectivity index (χ4v) is 4.19. The standard InChI is InChI=1S/C20H25N3O4/c1-12-10-16(14-5-7-21-8-6-14)26-20(25)18(12)19(24)23-9-3-4-15(23)17-11-13(2)22-27-17/h10-11,14-15,21H,3-9H2,1-2H3. The predicted octanol–water partition coefficient (Wildman–Crippen LogP) is 2.69. The zero-order valence-electron chi connectivity index (χ0n) is 15.8. The first-order valence-electron chi connectivity index (χ1n) is 9.64. The van der Waals surface area contributed by atoms with Gasteiger partial charge < -0.3 is 19.2 Å². The summed E-state index contributed by atoms with van der Waals surface area (Å²) in [6, 6.07) is 3.54. The number of likely N-dealkylation sites (tertiary alicyclic amines) is 1. The summed E-state index contributed by atoms with van der Waals surface area (Å²) in [5, 5.41) is 7.24. The fraction of sp³-hybridized carbons (Fsp3) is 0.550. The molecule has 0 saturated carbocycles. The molecular weight excluding hydrogens is 346 g/mol. The number of nitrogens with zero attached hydrogens (tertiary/aromatic N) is 2. The van der Waals surface area contributed by atoms with Crippen LogP contribution in [0.3, 0.4) is 0 Å². The minimum Gasteiger partial charge on any atom is -0.427 e. The van der Waals surface area contributed by atoms with Gasteiger partial charge in [0.05, 0.1) is 11.7 Å². The summed E-state index contributed by atoms with van der Waals surface area (Å²) in [5.41, 5.74) is 1.07. The second-order valence-corrected chi connectivity index (χ2v) is 7.55. The zero-order valence-corrected chi connectivity index (χ0v) is 15.8. The van der Waals surface area contributed by atoms with Crippen LogP contribution < -0.4 is 10.9 Å². The second kappa shape index (κ2) is 7.31. The number of amides is 1. The van der Waals surface area contributed by atoms with Crippen LogP contribution >= 0.6 is 0 Å². The Kier molecular flexibility index (Phi) is 4.86. The van der Waals surface area contributed by atoms with Crippen molar-refractivity contribution >= 4 is 5.91 Å². The highest BCUT2D eigenvalue weighted by atomic mass is 16.5. The lowest BCUT2D eigenvalue weighted by Crippen LogP contribution is -2.35. The van der Waals surface area contributed by atoms with E-state index < -0.39 is 5.63 Å². The smallest absolute Gasteiger partial charge is 0.349 e. The molecule has 1 N–H and O–H groups in total. The largest absolute Gasteiger partial charge is 0.427 e. The Balaban J connectivity index is 1.62. The molecule has 0 spiro atoms. The third-order valence-corrected chi connectivity index (χ3v) is 5.61. The Bertz CT molecular complexity index is 895. The van der Waals surface area contributed by atoms with Crippen molar-refractivity contribution in [1.82, 2.24) is 15.4 Å². The first-order valence-corrected chi connectivity index (χ1v) is 9.64. The topological polar surface area (TPSA) is 88.6 Å². The number of aryl methyl sites for hydroxylation is 2. The Hall–Kier alpha value is -2.41. The maximum atomic E-state index is 13.2. The minimum absolute atomic E-state index is 0.135. The van der Waals surface area contributed by atoms with E-state index in [2.05, 4.69) is 10.5 Å². The van der Waals surface area contributed by atoms with Crippen molar-refractivity contribution in [3.8, 4) is 0 Å². The number of hydrogen-bond donors (Lipinski definition) is 1. The SMILES string of the molecule is Cc1cc(C2CCCN2C(=O)c2c(C)cc(C3CCNCC3)oc2=O)on1. The van der Waals surface area contributed by atoms with Gasteiger partial charge in [-0.25, -0.2) is 4.79 Å². The Morgan fingerprint density at radius 3 is 2.63 bits per heavy atom. The summed E-state index contributed by atoms with van der Waals surface area (Å²) >= 11 is 0. The molecule has 1 unspecified atom stereocenters. The van der Waals surface area contributed by atoms with Crippen molar-refractivity contribution in [2.45, 2.75) is 51.5 Å². The van der Waals surface area contributed by atoms with Crippen molar-refractivity contribution in [2.75, 3.05) is 19.6 Å². The lowest BCUT2D eigenvalue weighted by molar-refractivity contribution is 0.0708. The molecule has 2 aromatic rings. The number of carbonyl (C=O) groups excluding carboxylic acids is 1. The van der Waals surface area contributed by atoms with E-state index in [-0.39, 0.29) is 23.4 Å². The maximum absolute atomic E-state index is 13.2. The van der Waals surface area contributed by atoms with Gasteiger partial charge in [-0.05, 0) is 64.3 Å². The molecule has 4 heterocycles. The molecule has 7 heteroatoms. The summed E-state index contributed by atoms with van der Waals surface area (Å²) in [6.45, 7) is 6.10. The molecular formula is C20H25N3O4.